The van der Waals surface area contributed by atoms with E-state index in [-0.39, 0.29) is 0 Å². The molecule has 0 saturated heterocycles. The normalized spacial score (nSPS) is 13.6. The molecular weight excluding hydrogens is 486 g/mol. The lowest BCUT2D eigenvalue weighted by atomic mass is 9.96. The molecular formula is C33H23N3O3. The van der Waals surface area contributed by atoms with Crippen LogP contribution in [0, 0.1) is 0 Å². The molecule has 0 saturated carbocycles. The lowest BCUT2D eigenvalue weighted by Gasteiger charge is -2.11. The van der Waals surface area contributed by atoms with E-state index >= 15 is 0 Å². The fourth-order valence-electron chi connectivity index (χ4n) is 6.54. The Kier molecular flexibility index (Phi) is 4.55. The van der Waals surface area contributed by atoms with Gasteiger partial charge < -0.3 is 14.7 Å². The molecule has 2 N–H and O–H groups in total. The average molecular weight is 510 g/mol. The molecule has 2 amide bonds. The van der Waals surface area contributed by atoms with Crippen molar-refractivity contribution in [2.24, 2.45) is 0 Å². The predicted octanol–water partition coefficient (Wildman–Crippen LogP) is 6.37. The first-order valence-corrected chi connectivity index (χ1v) is 13.1. The quantitative estimate of drug-likeness (QED) is 0.271. The Labute approximate surface area is 222 Å². The van der Waals surface area contributed by atoms with Crippen molar-refractivity contribution >= 4 is 66.2 Å². The van der Waals surface area contributed by atoms with Gasteiger partial charge in [0.05, 0.1) is 22.2 Å². The SMILES string of the molecule is O=C1c2c(c3c4ccccc4n(CCc4cccc5ccccc45)c3c3[nH]c4ccccc4c23)C(=O)N1CO. The summed E-state index contributed by atoms with van der Waals surface area (Å²) in [7, 11) is 0. The molecule has 7 aromatic rings. The third-order valence-electron chi connectivity index (χ3n) is 8.21. The molecule has 0 fully saturated rings. The fraction of sp³-hybridized carbons (Fsp3) is 0.0909. The lowest BCUT2D eigenvalue weighted by Crippen LogP contribution is -2.30. The third-order valence-corrected chi connectivity index (χ3v) is 8.21. The summed E-state index contributed by atoms with van der Waals surface area (Å²) in [5.74, 6) is -0.909. The molecule has 1 aliphatic rings. The highest BCUT2D eigenvalue weighted by molar-refractivity contribution is 6.39. The summed E-state index contributed by atoms with van der Waals surface area (Å²) in [4.78, 5) is 31.7. The highest BCUT2D eigenvalue weighted by Crippen LogP contribution is 2.45. The summed E-state index contributed by atoms with van der Waals surface area (Å²) in [6.45, 7) is 0.0323. The molecule has 0 atom stereocenters. The molecule has 188 valence electrons. The summed E-state index contributed by atoms with van der Waals surface area (Å²) in [6.07, 6.45) is 0.795. The van der Waals surface area contributed by atoms with Crippen LogP contribution in [0.5, 0.6) is 0 Å². The summed E-state index contributed by atoms with van der Waals surface area (Å²) in [5.41, 5.74) is 5.64. The molecule has 0 bridgehead atoms. The van der Waals surface area contributed by atoms with Crippen molar-refractivity contribution in [2.45, 2.75) is 13.0 Å². The maximum Gasteiger partial charge on any atom is 0.264 e. The van der Waals surface area contributed by atoms with E-state index in [1.807, 2.05) is 42.5 Å². The van der Waals surface area contributed by atoms with E-state index in [1.54, 1.807) is 0 Å². The number of nitrogens with one attached hydrogen (secondary N) is 1. The highest BCUT2D eigenvalue weighted by Gasteiger charge is 2.41. The second-order valence-electron chi connectivity index (χ2n) is 10.1. The molecule has 39 heavy (non-hydrogen) atoms. The van der Waals surface area contributed by atoms with Gasteiger partial charge in [0.1, 0.15) is 6.73 Å². The van der Waals surface area contributed by atoms with E-state index in [0.29, 0.717) is 17.7 Å². The average Bonchev–Trinajstić information content (AvgIpc) is 3.59. The zero-order chi connectivity index (χ0) is 26.2. The molecule has 2 aromatic heterocycles. The van der Waals surface area contributed by atoms with Crippen LogP contribution in [0.2, 0.25) is 0 Å². The van der Waals surface area contributed by atoms with Crippen molar-refractivity contribution in [3.63, 3.8) is 0 Å². The number of para-hydroxylation sites is 2. The van der Waals surface area contributed by atoms with E-state index < -0.39 is 18.5 Å². The van der Waals surface area contributed by atoms with Crippen molar-refractivity contribution in [3.8, 4) is 0 Å². The van der Waals surface area contributed by atoms with Crippen molar-refractivity contribution in [2.75, 3.05) is 6.73 Å². The van der Waals surface area contributed by atoms with Crippen LogP contribution in [0.15, 0.2) is 91.0 Å². The second kappa shape index (κ2) is 8.03. The van der Waals surface area contributed by atoms with E-state index in [9.17, 15) is 14.7 Å². The van der Waals surface area contributed by atoms with Crippen LogP contribution < -0.4 is 0 Å². The predicted molar refractivity (Wildman–Crippen MR) is 154 cm³/mol. The van der Waals surface area contributed by atoms with Gasteiger partial charge in [-0.1, -0.05) is 78.9 Å². The number of imide groups is 1. The molecule has 3 heterocycles. The van der Waals surface area contributed by atoms with Crippen LogP contribution >= 0.6 is 0 Å². The standard InChI is InChI=1S/C33H23N3O3/c37-18-36-32(38)28-26-22-12-3-5-14-24(22)34-30(26)31-27(29(28)33(36)39)23-13-4-6-15-25(23)35(31)17-16-20-10-7-9-19-8-1-2-11-21(19)20/h1-15,34,37H,16-18H2. The monoisotopic (exact) mass is 509 g/mol. The number of hydrogen-bond acceptors (Lipinski definition) is 3. The molecule has 1 aliphatic heterocycles. The number of benzene rings is 5. The second-order valence-corrected chi connectivity index (χ2v) is 10.1. The van der Waals surface area contributed by atoms with Crippen LogP contribution in [0.3, 0.4) is 0 Å². The summed E-state index contributed by atoms with van der Waals surface area (Å²) >= 11 is 0. The maximum atomic E-state index is 13.7. The molecule has 0 unspecified atom stereocenters. The number of aliphatic hydroxyl groups excluding tert-OH is 1. The molecule has 0 spiro atoms. The zero-order valence-electron chi connectivity index (χ0n) is 20.9. The van der Waals surface area contributed by atoms with Crippen LogP contribution in [0.1, 0.15) is 26.3 Å². The Morgan fingerprint density at radius 3 is 2.18 bits per heavy atom. The van der Waals surface area contributed by atoms with Gasteiger partial charge in [-0.2, -0.15) is 0 Å². The smallest absolute Gasteiger partial charge is 0.264 e. The Bertz CT molecular complexity index is 2160. The van der Waals surface area contributed by atoms with E-state index in [4.69, 9.17) is 0 Å². The number of hydrogen-bond donors (Lipinski definition) is 2. The minimum absolute atomic E-state index is 0.367. The van der Waals surface area contributed by atoms with Gasteiger partial charge in [0.2, 0.25) is 0 Å². The number of fused-ring (bicyclic) bond motifs is 11. The van der Waals surface area contributed by atoms with E-state index in [2.05, 4.69) is 58.1 Å². The van der Waals surface area contributed by atoms with Crippen LogP contribution in [0.4, 0.5) is 0 Å². The third kappa shape index (κ3) is 2.89. The summed E-state index contributed by atoms with van der Waals surface area (Å²) in [6, 6.07) is 30.7. The van der Waals surface area contributed by atoms with Gasteiger partial charge in [0.25, 0.3) is 11.8 Å². The summed E-state index contributed by atoms with van der Waals surface area (Å²) in [5, 5.41) is 15.7. The number of rotatable bonds is 4. The van der Waals surface area contributed by atoms with Gasteiger partial charge in [-0.05, 0) is 34.9 Å². The van der Waals surface area contributed by atoms with Crippen molar-refractivity contribution in [1.82, 2.24) is 14.5 Å². The first-order chi connectivity index (χ1) is 19.2. The van der Waals surface area contributed by atoms with E-state index in [1.165, 1.54) is 16.3 Å². The van der Waals surface area contributed by atoms with Crippen molar-refractivity contribution in [3.05, 3.63) is 108 Å². The van der Waals surface area contributed by atoms with Gasteiger partial charge >= 0.3 is 0 Å². The zero-order valence-corrected chi connectivity index (χ0v) is 20.9. The number of aromatic nitrogens is 2. The van der Waals surface area contributed by atoms with Gasteiger partial charge in [-0.15, -0.1) is 0 Å². The number of amides is 2. The molecule has 6 heteroatoms. The number of carbonyl (C=O) groups is 2. The number of nitrogens with zero attached hydrogens (tertiary/aromatic N) is 2. The largest absolute Gasteiger partial charge is 0.376 e. The molecule has 0 radical (unpaired) electrons. The minimum Gasteiger partial charge on any atom is -0.376 e. The number of aromatic amines is 1. The molecule has 5 aromatic carbocycles. The van der Waals surface area contributed by atoms with Gasteiger partial charge in [-0.3, -0.25) is 14.5 Å². The maximum absolute atomic E-state index is 13.7. The first kappa shape index (κ1) is 22.1. The van der Waals surface area contributed by atoms with Crippen LogP contribution in [-0.4, -0.2) is 38.1 Å². The summed E-state index contributed by atoms with van der Waals surface area (Å²) < 4.78 is 2.28. The Balaban J connectivity index is 1.48. The molecule has 8 rings (SSSR count). The van der Waals surface area contributed by atoms with Crippen LogP contribution in [-0.2, 0) is 13.0 Å². The van der Waals surface area contributed by atoms with Gasteiger partial charge in [0.15, 0.2) is 0 Å². The topological polar surface area (TPSA) is 78.3 Å². The molecule has 6 nitrogen and oxygen atoms in total. The van der Waals surface area contributed by atoms with E-state index in [0.717, 1.165) is 54.9 Å². The highest BCUT2D eigenvalue weighted by atomic mass is 16.3. The fourth-order valence-corrected chi connectivity index (χ4v) is 6.54. The van der Waals surface area contributed by atoms with Crippen LogP contribution in [0.25, 0.3) is 54.4 Å². The number of carbonyl (C=O) groups excluding carboxylic acids is 2. The van der Waals surface area contributed by atoms with Crippen molar-refractivity contribution < 1.29 is 14.7 Å². The lowest BCUT2D eigenvalue weighted by molar-refractivity contribution is 0.0491. The Hall–Kier alpha value is -4.94. The van der Waals surface area contributed by atoms with Gasteiger partial charge in [0, 0.05) is 39.1 Å². The first-order valence-electron chi connectivity index (χ1n) is 13.1. The minimum atomic E-state index is -0.655. The van der Waals surface area contributed by atoms with Crippen molar-refractivity contribution in [1.29, 1.82) is 0 Å². The Morgan fingerprint density at radius 2 is 1.36 bits per heavy atom. The number of aryl methyl sites for hydroxylation is 2. The van der Waals surface area contributed by atoms with Gasteiger partial charge in [-0.25, -0.2) is 0 Å². The number of aliphatic hydroxyl groups is 1. The number of H-pyrrole nitrogens is 1. The Morgan fingerprint density at radius 1 is 0.692 bits per heavy atom. The molecule has 0 aliphatic carbocycles.